The maximum atomic E-state index is 3.66. The summed E-state index contributed by atoms with van der Waals surface area (Å²) in [7, 11) is 0. The molecule has 0 heterocycles. The number of hydrogen-bond donors (Lipinski definition) is 0. The highest BCUT2D eigenvalue weighted by Gasteiger charge is 2.28. The van der Waals surface area contributed by atoms with E-state index in [1.807, 2.05) is 0 Å². The largest absolute Gasteiger partial charge is 0.0918 e. The van der Waals surface area contributed by atoms with Gasteiger partial charge in [-0.2, -0.15) is 0 Å². The van der Waals surface area contributed by atoms with E-state index < -0.39 is 0 Å². The summed E-state index contributed by atoms with van der Waals surface area (Å²) in [5.41, 5.74) is 3.01. The molecule has 0 amide bonds. The number of halogens is 2. The molecule has 0 nitrogen and oxygen atoms in total. The first-order valence-corrected chi connectivity index (χ1v) is 7.62. The molecule has 2 heteroatoms. The fraction of sp³-hybridized carbons (Fsp3) is 0.538. The van der Waals surface area contributed by atoms with E-state index in [9.17, 15) is 0 Å². The van der Waals surface area contributed by atoms with Gasteiger partial charge in [-0.3, -0.25) is 0 Å². The molecule has 15 heavy (non-hydrogen) atoms. The van der Waals surface area contributed by atoms with Gasteiger partial charge >= 0.3 is 0 Å². The number of benzene rings is 1. The van der Waals surface area contributed by atoms with Gasteiger partial charge in [0.05, 0.1) is 0 Å². The zero-order valence-electron chi connectivity index (χ0n) is 9.39. The van der Waals surface area contributed by atoms with E-state index in [4.69, 9.17) is 0 Å². The predicted octanol–water partition coefficient (Wildman–Crippen LogP) is 4.82. The summed E-state index contributed by atoms with van der Waals surface area (Å²) in [6.45, 7) is 4.38. The molecule has 0 spiro atoms. The van der Waals surface area contributed by atoms with Crippen molar-refractivity contribution in [3.63, 3.8) is 0 Å². The van der Waals surface area contributed by atoms with Crippen LogP contribution in [0.2, 0.25) is 0 Å². The highest BCUT2D eigenvalue weighted by molar-refractivity contribution is 9.09. The fourth-order valence-corrected chi connectivity index (χ4v) is 3.99. The topological polar surface area (TPSA) is 0 Å². The van der Waals surface area contributed by atoms with Crippen molar-refractivity contribution in [1.82, 2.24) is 0 Å². The van der Waals surface area contributed by atoms with E-state index >= 15 is 0 Å². The Bertz CT molecular complexity index is 286. The van der Waals surface area contributed by atoms with Crippen molar-refractivity contribution in [2.75, 3.05) is 10.7 Å². The molecule has 0 aliphatic heterocycles. The van der Waals surface area contributed by atoms with E-state index in [1.54, 1.807) is 0 Å². The van der Waals surface area contributed by atoms with Crippen LogP contribution in [0.15, 0.2) is 24.3 Å². The minimum atomic E-state index is 0.252. The van der Waals surface area contributed by atoms with Crippen LogP contribution < -0.4 is 0 Å². The molecule has 1 aromatic carbocycles. The third-order valence-electron chi connectivity index (χ3n) is 2.90. The van der Waals surface area contributed by atoms with Gasteiger partial charge in [0, 0.05) is 16.1 Å². The lowest BCUT2D eigenvalue weighted by Crippen LogP contribution is -2.29. The zero-order valence-corrected chi connectivity index (χ0v) is 12.6. The minimum Gasteiger partial charge on any atom is -0.0918 e. The average Bonchev–Trinajstić information content (AvgIpc) is 2.27. The summed E-state index contributed by atoms with van der Waals surface area (Å²) in [6, 6.07) is 8.91. The lowest BCUT2D eigenvalue weighted by atomic mass is 9.80. The van der Waals surface area contributed by atoms with Crippen molar-refractivity contribution in [2.24, 2.45) is 0 Å². The molecule has 0 atom stereocenters. The van der Waals surface area contributed by atoms with Gasteiger partial charge in [-0.05, 0) is 18.9 Å². The second kappa shape index (κ2) is 6.05. The maximum Gasteiger partial charge on any atom is 0.0147 e. The van der Waals surface area contributed by atoms with Crippen molar-refractivity contribution in [1.29, 1.82) is 0 Å². The first-order valence-electron chi connectivity index (χ1n) is 5.37. The van der Waals surface area contributed by atoms with Crippen LogP contribution in [-0.4, -0.2) is 10.7 Å². The van der Waals surface area contributed by atoms with Gasteiger partial charge in [0.15, 0.2) is 0 Å². The van der Waals surface area contributed by atoms with Gasteiger partial charge < -0.3 is 0 Å². The summed E-state index contributed by atoms with van der Waals surface area (Å²) in [4.78, 5) is 0. The molecular formula is C13H18Br2. The summed E-state index contributed by atoms with van der Waals surface area (Å²) in [5, 5.41) is 2.03. The summed E-state index contributed by atoms with van der Waals surface area (Å²) >= 11 is 7.32. The van der Waals surface area contributed by atoms with Crippen LogP contribution in [0.4, 0.5) is 0 Å². The van der Waals surface area contributed by atoms with E-state index in [0.717, 1.165) is 10.7 Å². The van der Waals surface area contributed by atoms with Gasteiger partial charge in [0.2, 0.25) is 0 Å². The molecule has 0 aliphatic carbocycles. The van der Waals surface area contributed by atoms with E-state index in [1.165, 1.54) is 24.0 Å². The quantitative estimate of drug-likeness (QED) is 0.677. The van der Waals surface area contributed by atoms with Gasteiger partial charge in [0.25, 0.3) is 0 Å². The lowest BCUT2D eigenvalue weighted by molar-refractivity contribution is 0.497. The van der Waals surface area contributed by atoms with Crippen molar-refractivity contribution in [3.05, 3.63) is 35.4 Å². The number of rotatable bonds is 5. The Morgan fingerprint density at radius 2 is 1.60 bits per heavy atom. The predicted molar refractivity (Wildman–Crippen MR) is 75.4 cm³/mol. The molecular weight excluding hydrogens is 316 g/mol. The van der Waals surface area contributed by atoms with Crippen molar-refractivity contribution >= 4 is 31.9 Å². The molecule has 0 bridgehead atoms. The van der Waals surface area contributed by atoms with Crippen molar-refractivity contribution in [3.8, 4) is 0 Å². The van der Waals surface area contributed by atoms with E-state index in [-0.39, 0.29) is 5.41 Å². The standard InChI is InChI=1S/C13H18Br2/c1-3-8-13(9-14,10-15)12-6-4-11(2)5-7-12/h4-7H,3,8-10H2,1-2H3. The summed E-state index contributed by atoms with van der Waals surface area (Å²) < 4.78 is 0. The Hall–Kier alpha value is 0.180. The number of alkyl halides is 2. The third kappa shape index (κ3) is 3.07. The van der Waals surface area contributed by atoms with E-state index in [2.05, 4.69) is 70.0 Å². The van der Waals surface area contributed by atoms with Crippen molar-refractivity contribution in [2.45, 2.75) is 32.1 Å². The Balaban J connectivity index is 3.02. The molecule has 0 unspecified atom stereocenters. The molecule has 0 fully saturated rings. The second-order valence-electron chi connectivity index (χ2n) is 4.16. The Morgan fingerprint density at radius 1 is 1.07 bits per heavy atom. The minimum absolute atomic E-state index is 0.252. The maximum absolute atomic E-state index is 3.66. The normalized spacial score (nSPS) is 11.7. The van der Waals surface area contributed by atoms with Gasteiger partial charge in [-0.25, -0.2) is 0 Å². The Kier molecular flexibility index (Phi) is 5.34. The highest BCUT2D eigenvalue weighted by Crippen LogP contribution is 2.33. The van der Waals surface area contributed by atoms with Gasteiger partial charge in [0.1, 0.15) is 0 Å². The lowest BCUT2D eigenvalue weighted by Gasteiger charge is -2.30. The molecule has 0 N–H and O–H groups in total. The molecule has 84 valence electrons. The highest BCUT2D eigenvalue weighted by atomic mass is 79.9. The zero-order chi connectivity index (χ0) is 11.3. The summed E-state index contributed by atoms with van der Waals surface area (Å²) in [5.74, 6) is 0. The van der Waals surface area contributed by atoms with Crippen LogP contribution >= 0.6 is 31.9 Å². The second-order valence-corrected chi connectivity index (χ2v) is 5.29. The molecule has 0 saturated carbocycles. The SMILES string of the molecule is CCCC(CBr)(CBr)c1ccc(C)cc1. The number of aryl methyl sites for hydroxylation is 1. The first kappa shape index (κ1) is 13.2. The van der Waals surface area contributed by atoms with Gasteiger partial charge in [-0.15, -0.1) is 0 Å². The molecule has 0 radical (unpaired) electrons. The Morgan fingerprint density at radius 3 is 2.00 bits per heavy atom. The smallest absolute Gasteiger partial charge is 0.0147 e. The van der Waals surface area contributed by atoms with Gasteiger partial charge in [-0.1, -0.05) is 75.0 Å². The molecule has 0 aliphatic rings. The average molecular weight is 334 g/mol. The van der Waals surface area contributed by atoms with E-state index in [0.29, 0.717) is 0 Å². The molecule has 0 aromatic heterocycles. The Labute approximate surface area is 110 Å². The van der Waals surface area contributed by atoms with Crippen LogP contribution in [0.25, 0.3) is 0 Å². The van der Waals surface area contributed by atoms with Crippen LogP contribution in [-0.2, 0) is 5.41 Å². The molecule has 0 saturated heterocycles. The van der Waals surface area contributed by atoms with Crippen LogP contribution in [0.1, 0.15) is 30.9 Å². The summed E-state index contributed by atoms with van der Waals surface area (Å²) in [6.07, 6.45) is 2.43. The third-order valence-corrected chi connectivity index (χ3v) is 5.05. The van der Waals surface area contributed by atoms with Crippen LogP contribution in [0.5, 0.6) is 0 Å². The van der Waals surface area contributed by atoms with Crippen molar-refractivity contribution < 1.29 is 0 Å². The molecule has 1 rings (SSSR count). The van der Waals surface area contributed by atoms with Crippen LogP contribution in [0.3, 0.4) is 0 Å². The molecule has 1 aromatic rings. The number of hydrogen-bond acceptors (Lipinski definition) is 0. The fourth-order valence-electron chi connectivity index (χ4n) is 1.85. The monoisotopic (exact) mass is 332 g/mol. The van der Waals surface area contributed by atoms with Crippen LogP contribution in [0, 0.1) is 6.92 Å². The first-order chi connectivity index (χ1) is 7.18.